The molecule has 0 bridgehead atoms. The minimum absolute atomic E-state index is 0.230. The Bertz CT molecular complexity index is 762. The Balaban J connectivity index is 1.86. The van der Waals surface area contributed by atoms with Crippen LogP contribution >= 0.6 is 0 Å². The van der Waals surface area contributed by atoms with Gasteiger partial charge in [-0.2, -0.15) is 5.10 Å². The van der Waals surface area contributed by atoms with E-state index in [0.29, 0.717) is 17.1 Å². The molecule has 130 valence electrons. The van der Waals surface area contributed by atoms with E-state index in [-0.39, 0.29) is 6.54 Å². The van der Waals surface area contributed by atoms with Gasteiger partial charge in [-0.1, -0.05) is 0 Å². The van der Waals surface area contributed by atoms with Crippen LogP contribution in [0, 0.1) is 0 Å². The molecule has 0 aliphatic heterocycles. The molecule has 0 unspecified atom stereocenters. The number of amides is 2. The van der Waals surface area contributed by atoms with Crippen molar-refractivity contribution in [1.82, 2.24) is 15.7 Å². The summed E-state index contributed by atoms with van der Waals surface area (Å²) in [6, 6.07) is 8.63. The van der Waals surface area contributed by atoms with E-state index >= 15 is 0 Å². The van der Waals surface area contributed by atoms with Crippen LogP contribution in [0.25, 0.3) is 0 Å². The first-order valence-corrected chi connectivity index (χ1v) is 7.36. The second kappa shape index (κ2) is 9.02. The first-order chi connectivity index (χ1) is 12.1. The number of carbonyl (C=O) groups is 2. The van der Waals surface area contributed by atoms with Crippen molar-refractivity contribution in [2.24, 2.45) is 5.10 Å². The number of ether oxygens (including phenoxy) is 2. The van der Waals surface area contributed by atoms with Crippen molar-refractivity contribution >= 4 is 18.0 Å². The molecule has 2 aromatic rings. The quantitative estimate of drug-likeness (QED) is 0.461. The summed E-state index contributed by atoms with van der Waals surface area (Å²) in [5.41, 5.74) is 3.68. The molecule has 2 N–H and O–H groups in total. The van der Waals surface area contributed by atoms with Crippen molar-refractivity contribution < 1.29 is 19.1 Å². The Hall–Kier alpha value is -3.42. The summed E-state index contributed by atoms with van der Waals surface area (Å²) in [5.74, 6) is -0.515. The molecule has 25 heavy (non-hydrogen) atoms. The van der Waals surface area contributed by atoms with Gasteiger partial charge < -0.3 is 14.8 Å². The smallest absolute Gasteiger partial charge is 0.329 e. The molecule has 1 heterocycles. The number of hydrazone groups is 1. The van der Waals surface area contributed by atoms with Crippen LogP contribution in [-0.2, 0) is 16.1 Å². The lowest BCUT2D eigenvalue weighted by Gasteiger charge is -2.07. The molecule has 0 saturated carbocycles. The number of nitrogens with one attached hydrogen (secondary N) is 2. The molecule has 1 aromatic heterocycles. The van der Waals surface area contributed by atoms with Gasteiger partial charge in [-0.25, -0.2) is 5.43 Å². The summed E-state index contributed by atoms with van der Waals surface area (Å²) in [4.78, 5) is 27.2. The number of rotatable bonds is 6. The molecule has 8 heteroatoms. The fourth-order valence-corrected chi connectivity index (χ4v) is 1.91. The maximum atomic E-state index is 11.7. The minimum atomic E-state index is -0.856. The lowest BCUT2D eigenvalue weighted by Crippen LogP contribution is -2.37. The van der Waals surface area contributed by atoms with Crippen LogP contribution in [0.4, 0.5) is 0 Å². The summed E-state index contributed by atoms with van der Waals surface area (Å²) < 4.78 is 10.3. The molecular formula is C17H18N4O4. The van der Waals surface area contributed by atoms with Crippen molar-refractivity contribution in [1.29, 1.82) is 0 Å². The standard InChI is InChI=1S/C17H18N4O4/c1-24-14-4-3-13(9-15(14)25-2)11-20-21-17(23)16(22)19-10-12-5-7-18-8-6-12/h3-9,11H,10H2,1-2H3,(H,19,22)(H,21,23)/b20-11-. The number of nitrogens with zero attached hydrogens (tertiary/aromatic N) is 2. The number of hydrogen-bond donors (Lipinski definition) is 2. The first kappa shape index (κ1) is 17.9. The Morgan fingerprint density at radius 3 is 2.48 bits per heavy atom. The van der Waals surface area contributed by atoms with E-state index in [1.807, 2.05) is 0 Å². The highest BCUT2D eigenvalue weighted by atomic mass is 16.5. The first-order valence-electron chi connectivity index (χ1n) is 7.36. The zero-order valence-electron chi connectivity index (χ0n) is 13.9. The third-order valence-corrected chi connectivity index (χ3v) is 3.20. The molecule has 1 aromatic carbocycles. The predicted octanol–water partition coefficient (Wildman–Crippen LogP) is 0.865. The Morgan fingerprint density at radius 1 is 1.08 bits per heavy atom. The van der Waals surface area contributed by atoms with E-state index in [2.05, 4.69) is 20.8 Å². The fourth-order valence-electron chi connectivity index (χ4n) is 1.91. The van der Waals surface area contributed by atoms with Gasteiger partial charge >= 0.3 is 11.8 Å². The van der Waals surface area contributed by atoms with Gasteiger partial charge in [0.05, 0.1) is 20.4 Å². The van der Waals surface area contributed by atoms with Gasteiger partial charge in [0.1, 0.15) is 0 Å². The lowest BCUT2D eigenvalue weighted by molar-refractivity contribution is -0.139. The van der Waals surface area contributed by atoms with Crippen LogP contribution in [-0.4, -0.2) is 37.2 Å². The molecular weight excluding hydrogens is 324 g/mol. The molecule has 0 radical (unpaired) electrons. The normalized spacial score (nSPS) is 10.3. The van der Waals surface area contributed by atoms with Gasteiger partial charge in [0, 0.05) is 18.9 Å². The van der Waals surface area contributed by atoms with E-state index in [9.17, 15) is 9.59 Å². The molecule has 0 aliphatic rings. The summed E-state index contributed by atoms with van der Waals surface area (Å²) >= 11 is 0. The van der Waals surface area contributed by atoms with Crippen LogP contribution in [0.5, 0.6) is 11.5 Å². The maximum absolute atomic E-state index is 11.7. The molecule has 2 amide bonds. The summed E-state index contributed by atoms with van der Waals surface area (Å²) in [6.45, 7) is 0.230. The Morgan fingerprint density at radius 2 is 1.80 bits per heavy atom. The van der Waals surface area contributed by atoms with E-state index in [4.69, 9.17) is 9.47 Å². The SMILES string of the molecule is COc1ccc(/C=N\NC(=O)C(=O)NCc2ccncc2)cc1OC. The van der Waals surface area contributed by atoms with Gasteiger partial charge in [0.15, 0.2) is 11.5 Å². The van der Waals surface area contributed by atoms with Crippen molar-refractivity contribution in [3.05, 3.63) is 53.9 Å². The van der Waals surface area contributed by atoms with Gasteiger partial charge in [-0.3, -0.25) is 14.6 Å². The molecule has 2 rings (SSSR count). The third-order valence-electron chi connectivity index (χ3n) is 3.20. The highest BCUT2D eigenvalue weighted by molar-refractivity contribution is 6.35. The highest BCUT2D eigenvalue weighted by Gasteiger charge is 2.11. The third kappa shape index (κ3) is 5.31. The minimum Gasteiger partial charge on any atom is -0.493 e. The van der Waals surface area contributed by atoms with Gasteiger partial charge in [-0.15, -0.1) is 0 Å². The van der Waals surface area contributed by atoms with E-state index in [1.54, 1.807) is 42.7 Å². The maximum Gasteiger partial charge on any atom is 0.329 e. The fraction of sp³-hybridized carbons (Fsp3) is 0.176. The van der Waals surface area contributed by atoms with Crippen molar-refractivity contribution in [3.63, 3.8) is 0 Å². The molecule has 0 saturated heterocycles. The van der Waals surface area contributed by atoms with Crippen LogP contribution in [0.1, 0.15) is 11.1 Å². The highest BCUT2D eigenvalue weighted by Crippen LogP contribution is 2.26. The average molecular weight is 342 g/mol. The van der Waals surface area contributed by atoms with Crippen molar-refractivity contribution in [2.45, 2.75) is 6.54 Å². The molecule has 0 aliphatic carbocycles. The van der Waals surface area contributed by atoms with Crippen molar-refractivity contribution in [3.8, 4) is 11.5 Å². The summed E-state index contributed by atoms with van der Waals surface area (Å²) in [7, 11) is 3.06. The molecule has 0 fully saturated rings. The number of aromatic nitrogens is 1. The summed E-state index contributed by atoms with van der Waals surface area (Å²) in [5, 5.41) is 6.25. The number of methoxy groups -OCH3 is 2. The number of benzene rings is 1. The molecule has 0 spiro atoms. The van der Waals surface area contributed by atoms with Crippen LogP contribution in [0.3, 0.4) is 0 Å². The van der Waals surface area contributed by atoms with Crippen LogP contribution in [0.2, 0.25) is 0 Å². The topological polar surface area (TPSA) is 102 Å². The van der Waals surface area contributed by atoms with E-state index in [1.165, 1.54) is 20.4 Å². The summed E-state index contributed by atoms with van der Waals surface area (Å²) in [6.07, 6.45) is 4.61. The number of pyridine rings is 1. The second-order valence-electron chi connectivity index (χ2n) is 4.85. The Kier molecular flexibility index (Phi) is 6.47. The predicted molar refractivity (Wildman–Crippen MR) is 91.4 cm³/mol. The van der Waals surface area contributed by atoms with E-state index < -0.39 is 11.8 Å². The van der Waals surface area contributed by atoms with Crippen LogP contribution < -0.4 is 20.2 Å². The molecule has 8 nitrogen and oxygen atoms in total. The Labute approximate surface area is 144 Å². The number of hydrogen-bond acceptors (Lipinski definition) is 6. The second-order valence-corrected chi connectivity index (χ2v) is 4.85. The van der Waals surface area contributed by atoms with Gasteiger partial charge in [0.2, 0.25) is 0 Å². The zero-order valence-corrected chi connectivity index (χ0v) is 13.9. The van der Waals surface area contributed by atoms with Gasteiger partial charge in [0.25, 0.3) is 0 Å². The number of carbonyl (C=O) groups excluding carboxylic acids is 2. The molecule has 0 atom stereocenters. The van der Waals surface area contributed by atoms with Crippen molar-refractivity contribution in [2.75, 3.05) is 14.2 Å². The van der Waals surface area contributed by atoms with Gasteiger partial charge in [-0.05, 0) is 41.5 Å². The monoisotopic (exact) mass is 342 g/mol. The largest absolute Gasteiger partial charge is 0.493 e. The lowest BCUT2D eigenvalue weighted by atomic mass is 10.2. The van der Waals surface area contributed by atoms with E-state index in [0.717, 1.165) is 5.56 Å². The van der Waals surface area contributed by atoms with Crippen LogP contribution in [0.15, 0.2) is 47.8 Å². The average Bonchev–Trinajstić information content (AvgIpc) is 2.66. The zero-order chi connectivity index (χ0) is 18.1.